The van der Waals surface area contributed by atoms with Crippen LogP contribution in [0.4, 0.5) is 10.8 Å². The number of nitrogens with zero attached hydrogens (tertiary/aromatic N) is 2. The first kappa shape index (κ1) is 14.5. The Morgan fingerprint density at radius 2 is 2.15 bits per heavy atom. The minimum absolute atomic E-state index is 0.127. The molecule has 1 aromatic carbocycles. The summed E-state index contributed by atoms with van der Waals surface area (Å²) in [6.07, 6.45) is 0. The molecule has 6 heteroatoms. The minimum Gasteiger partial charge on any atom is -0.376 e. The lowest BCUT2D eigenvalue weighted by molar-refractivity contribution is -0.114. The van der Waals surface area contributed by atoms with Crippen molar-refractivity contribution in [2.75, 3.05) is 17.2 Å². The molecule has 5 nitrogen and oxygen atoms in total. The second-order valence-electron chi connectivity index (χ2n) is 4.87. The van der Waals surface area contributed by atoms with E-state index in [0.717, 1.165) is 16.3 Å². The van der Waals surface area contributed by atoms with Crippen LogP contribution in [-0.2, 0) is 4.79 Å². The first-order valence-electron chi connectivity index (χ1n) is 6.48. The van der Waals surface area contributed by atoms with Gasteiger partial charge in [-0.25, -0.2) is 0 Å². The van der Waals surface area contributed by atoms with E-state index in [1.54, 1.807) is 0 Å². The Balaban J connectivity index is 1.86. The molecular weight excluding hydrogens is 272 g/mol. The van der Waals surface area contributed by atoms with Gasteiger partial charge >= 0.3 is 0 Å². The zero-order chi connectivity index (χ0) is 14.5. The van der Waals surface area contributed by atoms with Gasteiger partial charge in [0.25, 0.3) is 0 Å². The third-order valence-corrected chi connectivity index (χ3v) is 3.79. The van der Waals surface area contributed by atoms with Gasteiger partial charge in [-0.3, -0.25) is 10.1 Å². The Morgan fingerprint density at radius 1 is 1.35 bits per heavy atom. The van der Waals surface area contributed by atoms with E-state index < -0.39 is 0 Å². The van der Waals surface area contributed by atoms with E-state index in [-0.39, 0.29) is 12.5 Å². The van der Waals surface area contributed by atoms with Crippen LogP contribution in [0.3, 0.4) is 0 Å². The van der Waals surface area contributed by atoms with Crippen molar-refractivity contribution in [2.24, 2.45) is 0 Å². The van der Waals surface area contributed by atoms with E-state index in [1.165, 1.54) is 11.3 Å². The van der Waals surface area contributed by atoms with Gasteiger partial charge < -0.3 is 5.32 Å². The molecule has 1 aromatic heterocycles. The number of hydrogen-bond acceptors (Lipinski definition) is 5. The van der Waals surface area contributed by atoms with Crippen LogP contribution >= 0.6 is 11.3 Å². The summed E-state index contributed by atoms with van der Waals surface area (Å²) in [5.74, 6) is 0.196. The molecule has 2 N–H and O–H groups in total. The number of aryl methyl sites for hydroxylation is 1. The van der Waals surface area contributed by atoms with Crippen molar-refractivity contribution in [3.05, 3.63) is 34.8 Å². The molecule has 0 aliphatic rings. The van der Waals surface area contributed by atoms with Gasteiger partial charge in [-0.05, 0) is 24.6 Å². The molecule has 0 fully saturated rings. The van der Waals surface area contributed by atoms with Crippen LogP contribution in [0, 0.1) is 6.92 Å². The average molecular weight is 290 g/mol. The smallest absolute Gasteiger partial charge is 0.245 e. The topological polar surface area (TPSA) is 66.9 Å². The highest BCUT2D eigenvalue weighted by Crippen LogP contribution is 2.22. The van der Waals surface area contributed by atoms with Gasteiger partial charge in [-0.1, -0.05) is 37.3 Å². The number of hydrogen-bond donors (Lipinski definition) is 2. The lowest BCUT2D eigenvalue weighted by Gasteiger charge is -2.06. The minimum atomic E-state index is -0.127. The van der Waals surface area contributed by atoms with Crippen molar-refractivity contribution >= 4 is 28.1 Å². The number of rotatable bonds is 5. The summed E-state index contributed by atoms with van der Waals surface area (Å²) in [5, 5.41) is 15.3. The quantitative estimate of drug-likeness (QED) is 0.888. The highest BCUT2D eigenvalue weighted by molar-refractivity contribution is 7.15. The molecule has 0 saturated heterocycles. The van der Waals surface area contributed by atoms with Crippen molar-refractivity contribution < 1.29 is 4.79 Å². The molecule has 0 bridgehead atoms. The molecule has 2 aromatic rings. The van der Waals surface area contributed by atoms with E-state index in [2.05, 4.69) is 20.8 Å². The van der Waals surface area contributed by atoms with Crippen LogP contribution in [0.15, 0.2) is 24.3 Å². The van der Waals surface area contributed by atoms with E-state index in [9.17, 15) is 4.79 Å². The van der Waals surface area contributed by atoms with Gasteiger partial charge in [0.1, 0.15) is 5.01 Å². The van der Waals surface area contributed by atoms with Gasteiger partial charge in [0.2, 0.25) is 11.0 Å². The van der Waals surface area contributed by atoms with E-state index in [0.29, 0.717) is 11.0 Å². The molecule has 0 atom stereocenters. The maximum Gasteiger partial charge on any atom is 0.245 e. The van der Waals surface area contributed by atoms with Crippen LogP contribution in [-0.4, -0.2) is 22.6 Å². The summed E-state index contributed by atoms with van der Waals surface area (Å²) >= 11 is 1.41. The molecule has 0 saturated carbocycles. The third-order valence-electron chi connectivity index (χ3n) is 2.65. The second kappa shape index (κ2) is 6.47. The van der Waals surface area contributed by atoms with Gasteiger partial charge in [-0.15, -0.1) is 10.2 Å². The Morgan fingerprint density at radius 3 is 2.80 bits per heavy atom. The number of carbonyl (C=O) groups is 1. The maximum absolute atomic E-state index is 11.8. The number of nitrogens with one attached hydrogen (secondary N) is 2. The predicted molar refractivity (Wildman–Crippen MR) is 82.3 cm³/mol. The number of benzene rings is 1. The summed E-state index contributed by atoms with van der Waals surface area (Å²) in [4.78, 5) is 11.8. The van der Waals surface area contributed by atoms with Crippen LogP contribution in [0.1, 0.15) is 30.3 Å². The summed E-state index contributed by atoms with van der Waals surface area (Å²) in [6, 6.07) is 7.90. The Hall–Kier alpha value is -1.95. The fraction of sp³-hybridized carbons (Fsp3) is 0.357. The third kappa shape index (κ3) is 4.03. The van der Waals surface area contributed by atoms with Gasteiger partial charge in [-0.2, -0.15) is 0 Å². The van der Waals surface area contributed by atoms with E-state index in [1.807, 2.05) is 45.0 Å². The summed E-state index contributed by atoms with van der Waals surface area (Å²) in [6.45, 7) is 6.32. The zero-order valence-corrected chi connectivity index (χ0v) is 12.6. The fourth-order valence-electron chi connectivity index (χ4n) is 1.62. The van der Waals surface area contributed by atoms with Crippen LogP contribution in [0.25, 0.3) is 0 Å². The van der Waals surface area contributed by atoms with Crippen molar-refractivity contribution in [1.29, 1.82) is 0 Å². The average Bonchev–Trinajstić information content (AvgIpc) is 2.85. The number of amides is 1. The van der Waals surface area contributed by atoms with Crippen LogP contribution < -0.4 is 10.6 Å². The number of carbonyl (C=O) groups excluding carboxylic acids is 1. The standard InChI is InChI=1S/C14H18N4OS/c1-9(2)13-17-18-14(20-13)16-12(19)8-15-11-6-4-5-10(3)7-11/h4-7,9,15H,8H2,1-3H3,(H,16,18,19). The molecule has 0 spiro atoms. The summed E-state index contributed by atoms with van der Waals surface area (Å²) in [5.41, 5.74) is 2.08. The molecule has 0 radical (unpaired) electrons. The predicted octanol–water partition coefficient (Wildman–Crippen LogP) is 3.02. The lowest BCUT2D eigenvalue weighted by atomic mass is 10.2. The summed E-state index contributed by atoms with van der Waals surface area (Å²) in [7, 11) is 0. The van der Waals surface area contributed by atoms with Crippen molar-refractivity contribution in [2.45, 2.75) is 26.7 Å². The molecule has 1 heterocycles. The molecule has 0 unspecified atom stereocenters. The molecular formula is C14H18N4OS. The normalized spacial score (nSPS) is 10.6. The maximum atomic E-state index is 11.8. The van der Waals surface area contributed by atoms with Gasteiger partial charge in [0, 0.05) is 11.6 Å². The summed E-state index contributed by atoms with van der Waals surface area (Å²) < 4.78 is 0. The molecule has 20 heavy (non-hydrogen) atoms. The van der Waals surface area contributed by atoms with Crippen molar-refractivity contribution in [1.82, 2.24) is 10.2 Å². The highest BCUT2D eigenvalue weighted by Gasteiger charge is 2.10. The largest absolute Gasteiger partial charge is 0.376 e. The van der Waals surface area contributed by atoms with Crippen LogP contribution in [0.2, 0.25) is 0 Å². The zero-order valence-electron chi connectivity index (χ0n) is 11.8. The monoisotopic (exact) mass is 290 g/mol. The Kier molecular flexibility index (Phi) is 4.68. The molecule has 1 amide bonds. The second-order valence-corrected chi connectivity index (χ2v) is 5.88. The molecule has 0 aliphatic carbocycles. The Labute approximate surface area is 122 Å². The lowest BCUT2D eigenvalue weighted by Crippen LogP contribution is -2.21. The van der Waals surface area contributed by atoms with Crippen LogP contribution in [0.5, 0.6) is 0 Å². The van der Waals surface area contributed by atoms with Crippen molar-refractivity contribution in [3.8, 4) is 0 Å². The molecule has 106 valence electrons. The fourth-order valence-corrected chi connectivity index (χ4v) is 2.38. The SMILES string of the molecule is Cc1cccc(NCC(=O)Nc2nnc(C(C)C)s2)c1. The highest BCUT2D eigenvalue weighted by atomic mass is 32.1. The first-order valence-corrected chi connectivity index (χ1v) is 7.30. The van der Waals surface area contributed by atoms with Gasteiger partial charge in [0.05, 0.1) is 6.54 Å². The van der Waals surface area contributed by atoms with E-state index in [4.69, 9.17) is 0 Å². The molecule has 2 rings (SSSR count). The number of aromatic nitrogens is 2. The molecule has 0 aliphatic heterocycles. The first-order chi connectivity index (χ1) is 9.54. The Bertz CT molecular complexity index is 594. The number of anilines is 2. The van der Waals surface area contributed by atoms with Gasteiger partial charge in [0.15, 0.2) is 0 Å². The van der Waals surface area contributed by atoms with E-state index >= 15 is 0 Å². The van der Waals surface area contributed by atoms with Crippen molar-refractivity contribution in [3.63, 3.8) is 0 Å².